The quantitative estimate of drug-likeness (QED) is 0.420. The van der Waals surface area contributed by atoms with Crippen LogP contribution in [0.4, 0.5) is 11.4 Å². The lowest BCUT2D eigenvalue weighted by Crippen LogP contribution is -2.32. The molecule has 1 unspecified atom stereocenters. The lowest BCUT2D eigenvalue weighted by molar-refractivity contribution is -0.126. The van der Waals surface area contributed by atoms with Gasteiger partial charge in [-0.3, -0.25) is 9.59 Å². The first kappa shape index (κ1) is 24.2. The minimum atomic E-state index is -1.44. The van der Waals surface area contributed by atoms with Crippen molar-refractivity contribution in [2.24, 2.45) is 10.2 Å². The van der Waals surface area contributed by atoms with Gasteiger partial charge in [0.1, 0.15) is 22.2 Å². The number of ether oxygens (including phenoxy) is 4. The fourth-order valence-corrected chi connectivity index (χ4v) is 3.02. The topological polar surface area (TPSA) is 108 Å². The third kappa shape index (κ3) is 5.56. The highest BCUT2D eigenvalue weighted by Crippen LogP contribution is 2.41. The first-order valence-electron chi connectivity index (χ1n) is 8.81. The second-order valence-corrected chi connectivity index (χ2v) is 6.83. The first-order valence-corrected chi connectivity index (χ1v) is 9.57. The van der Waals surface area contributed by atoms with Crippen molar-refractivity contribution in [3.63, 3.8) is 0 Å². The number of carbonyl (C=O) groups is 2. The number of rotatable bonds is 9. The van der Waals surface area contributed by atoms with Crippen molar-refractivity contribution >= 4 is 46.3 Å². The summed E-state index contributed by atoms with van der Waals surface area (Å²) in [5.41, 5.74) is 0.416. The van der Waals surface area contributed by atoms with Crippen molar-refractivity contribution < 1.29 is 28.5 Å². The highest BCUT2D eigenvalue weighted by Gasteiger charge is 2.26. The number of amides is 1. The summed E-state index contributed by atoms with van der Waals surface area (Å²) in [6.07, 6.45) is 0. The zero-order chi connectivity index (χ0) is 23.1. The van der Waals surface area contributed by atoms with Crippen molar-refractivity contribution in [3.8, 4) is 23.0 Å². The van der Waals surface area contributed by atoms with Gasteiger partial charge in [0.25, 0.3) is 5.91 Å². The summed E-state index contributed by atoms with van der Waals surface area (Å²) in [7, 11) is 5.70. The van der Waals surface area contributed by atoms with Gasteiger partial charge in [0.2, 0.25) is 6.04 Å². The van der Waals surface area contributed by atoms with Crippen molar-refractivity contribution in [1.29, 1.82) is 0 Å². The Hall–Kier alpha value is -3.04. The average Bonchev–Trinajstić information content (AvgIpc) is 2.75. The van der Waals surface area contributed by atoms with Gasteiger partial charge < -0.3 is 24.3 Å². The molecule has 11 heteroatoms. The molecule has 2 aromatic rings. The number of carbonyl (C=O) groups excluding carboxylic acids is 2. The SMILES string of the molecule is COc1cc(N=NC(C(C)=O)C(=O)Nc2ccc(Cl)c(OC)c2OC)c(Cl)c(OC)c1. The zero-order valence-corrected chi connectivity index (χ0v) is 19.0. The molecule has 0 spiro atoms. The Bertz CT molecular complexity index is 1010. The third-order valence-electron chi connectivity index (χ3n) is 4.09. The number of Topliss-reactive ketones (excluding diaryl/α,β-unsaturated/α-hetero) is 1. The summed E-state index contributed by atoms with van der Waals surface area (Å²) in [4.78, 5) is 24.8. The zero-order valence-electron chi connectivity index (χ0n) is 17.5. The van der Waals surface area contributed by atoms with Gasteiger partial charge in [-0.2, -0.15) is 10.2 Å². The summed E-state index contributed by atoms with van der Waals surface area (Å²) in [5, 5.41) is 10.9. The van der Waals surface area contributed by atoms with Gasteiger partial charge in [-0.25, -0.2) is 0 Å². The fraction of sp³-hybridized carbons (Fsp3) is 0.300. The van der Waals surface area contributed by atoms with E-state index < -0.39 is 17.7 Å². The summed E-state index contributed by atoms with van der Waals surface area (Å²) in [6, 6.07) is 4.65. The molecule has 0 aliphatic carbocycles. The number of benzene rings is 2. The number of anilines is 1. The number of hydrogen-bond acceptors (Lipinski definition) is 8. The van der Waals surface area contributed by atoms with Crippen LogP contribution in [-0.2, 0) is 9.59 Å². The van der Waals surface area contributed by atoms with Crippen LogP contribution in [0, 0.1) is 0 Å². The lowest BCUT2D eigenvalue weighted by atomic mass is 10.2. The summed E-state index contributed by atoms with van der Waals surface area (Å²) in [5.74, 6) is -0.118. The maximum absolute atomic E-state index is 12.8. The van der Waals surface area contributed by atoms with Crippen molar-refractivity contribution in [1.82, 2.24) is 0 Å². The van der Waals surface area contributed by atoms with Gasteiger partial charge in [-0.15, -0.1) is 0 Å². The molecule has 31 heavy (non-hydrogen) atoms. The fourth-order valence-electron chi connectivity index (χ4n) is 2.57. The molecule has 0 fully saturated rings. The normalized spacial score (nSPS) is 11.7. The van der Waals surface area contributed by atoms with E-state index in [1.807, 2.05) is 0 Å². The molecule has 0 bridgehead atoms. The van der Waals surface area contributed by atoms with Crippen LogP contribution >= 0.6 is 23.2 Å². The molecule has 0 aliphatic rings. The predicted molar refractivity (Wildman–Crippen MR) is 117 cm³/mol. The summed E-state index contributed by atoms with van der Waals surface area (Å²) >= 11 is 12.3. The molecule has 1 amide bonds. The number of nitrogens with zero attached hydrogens (tertiary/aromatic N) is 2. The number of hydrogen-bond donors (Lipinski definition) is 1. The lowest BCUT2D eigenvalue weighted by Gasteiger charge is -2.16. The highest BCUT2D eigenvalue weighted by molar-refractivity contribution is 6.34. The molecular formula is C20H21Cl2N3O6. The van der Waals surface area contributed by atoms with Crippen LogP contribution in [0.3, 0.4) is 0 Å². The molecule has 2 rings (SSSR count). The van der Waals surface area contributed by atoms with Crippen LogP contribution in [0.5, 0.6) is 23.0 Å². The van der Waals surface area contributed by atoms with E-state index in [0.29, 0.717) is 16.5 Å². The molecule has 0 saturated heterocycles. The van der Waals surface area contributed by atoms with E-state index >= 15 is 0 Å². The molecule has 2 aromatic carbocycles. The van der Waals surface area contributed by atoms with E-state index in [9.17, 15) is 9.59 Å². The molecule has 9 nitrogen and oxygen atoms in total. The Morgan fingerprint density at radius 3 is 2.19 bits per heavy atom. The van der Waals surface area contributed by atoms with E-state index in [-0.39, 0.29) is 27.9 Å². The van der Waals surface area contributed by atoms with E-state index in [1.165, 1.54) is 53.6 Å². The molecular weight excluding hydrogens is 449 g/mol. The van der Waals surface area contributed by atoms with E-state index in [1.54, 1.807) is 6.07 Å². The number of halogens is 2. The van der Waals surface area contributed by atoms with Crippen LogP contribution in [0.25, 0.3) is 0 Å². The molecule has 0 saturated carbocycles. The van der Waals surface area contributed by atoms with Crippen molar-refractivity contribution in [2.45, 2.75) is 13.0 Å². The molecule has 1 N–H and O–H groups in total. The maximum Gasteiger partial charge on any atom is 0.258 e. The molecule has 1 atom stereocenters. The summed E-state index contributed by atoms with van der Waals surface area (Å²) < 4.78 is 20.8. The Balaban J connectivity index is 2.36. The highest BCUT2D eigenvalue weighted by atomic mass is 35.5. The van der Waals surface area contributed by atoms with E-state index in [0.717, 1.165) is 0 Å². The van der Waals surface area contributed by atoms with Crippen LogP contribution in [0.2, 0.25) is 10.0 Å². The minimum absolute atomic E-state index is 0.152. The Morgan fingerprint density at radius 1 is 0.968 bits per heavy atom. The van der Waals surface area contributed by atoms with Gasteiger partial charge in [0.05, 0.1) is 39.1 Å². The largest absolute Gasteiger partial charge is 0.497 e. The van der Waals surface area contributed by atoms with Crippen LogP contribution in [0.1, 0.15) is 6.92 Å². The van der Waals surface area contributed by atoms with Gasteiger partial charge in [-0.05, 0) is 19.1 Å². The second-order valence-electron chi connectivity index (χ2n) is 6.04. The first-order chi connectivity index (χ1) is 14.8. The van der Waals surface area contributed by atoms with Crippen molar-refractivity contribution in [2.75, 3.05) is 33.8 Å². The number of ketones is 1. The molecule has 166 valence electrons. The van der Waals surface area contributed by atoms with Gasteiger partial charge >= 0.3 is 0 Å². The monoisotopic (exact) mass is 469 g/mol. The Kier molecular flexibility index (Phi) is 8.47. The molecule has 0 aliphatic heterocycles. The number of nitrogens with one attached hydrogen (secondary N) is 1. The predicted octanol–water partition coefficient (Wildman–Crippen LogP) is 4.71. The van der Waals surface area contributed by atoms with E-state index in [2.05, 4.69) is 15.5 Å². The smallest absolute Gasteiger partial charge is 0.258 e. The van der Waals surface area contributed by atoms with Crippen LogP contribution in [-0.4, -0.2) is 46.2 Å². The van der Waals surface area contributed by atoms with Gasteiger partial charge in [-0.1, -0.05) is 23.2 Å². The van der Waals surface area contributed by atoms with Gasteiger partial charge in [0, 0.05) is 12.1 Å². The second kappa shape index (κ2) is 10.8. The number of methoxy groups -OCH3 is 4. The standard InChI is InChI=1S/C20H21Cl2N3O6/c1-10(26)17(25-24-14-8-11(28-2)9-15(29-3)16(14)22)20(27)23-13-7-6-12(21)18(30-4)19(13)31-5/h6-9,17H,1-5H3,(H,23,27). The van der Waals surface area contributed by atoms with Crippen molar-refractivity contribution in [3.05, 3.63) is 34.3 Å². The average molecular weight is 470 g/mol. The molecule has 0 heterocycles. The van der Waals surface area contributed by atoms with Crippen LogP contribution < -0.4 is 24.3 Å². The number of azo groups is 1. The Morgan fingerprint density at radius 2 is 1.65 bits per heavy atom. The van der Waals surface area contributed by atoms with Crippen LogP contribution in [0.15, 0.2) is 34.5 Å². The molecule has 0 radical (unpaired) electrons. The maximum atomic E-state index is 12.8. The van der Waals surface area contributed by atoms with Gasteiger partial charge in [0.15, 0.2) is 17.3 Å². The summed E-state index contributed by atoms with van der Waals surface area (Å²) in [6.45, 7) is 1.22. The third-order valence-corrected chi connectivity index (χ3v) is 4.77. The van der Waals surface area contributed by atoms with E-state index in [4.69, 9.17) is 42.1 Å². The Labute approximate surface area is 189 Å². The minimum Gasteiger partial charge on any atom is -0.497 e. The molecule has 0 aromatic heterocycles.